The van der Waals surface area contributed by atoms with Crippen LogP contribution < -0.4 is 10.6 Å². The highest BCUT2D eigenvalue weighted by Crippen LogP contribution is 2.35. The van der Waals surface area contributed by atoms with Crippen LogP contribution in [-0.2, 0) is 31.9 Å². The van der Waals surface area contributed by atoms with E-state index in [0.29, 0.717) is 12.8 Å². The zero-order chi connectivity index (χ0) is 24.0. The van der Waals surface area contributed by atoms with Gasteiger partial charge in [0.1, 0.15) is 10.0 Å². The first-order chi connectivity index (χ1) is 15.2. The number of amides is 2. The van der Waals surface area contributed by atoms with Gasteiger partial charge in [-0.3, -0.25) is 9.59 Å². The van der Waals surface area contributed by atoms with Gasteiger partial charge in [0.15, 0.2) is 0 Å². The molecule has 0 aliphatic heterocycles. The molecule has 2 amide bonds. The molecule has 0 aromatic carbocycles. The van der Waals surface area contributed by atoms with Crippen LogP contribution >= 0.6 is 22.7 Å². The molecule has 2 heterocycles. The molecule has 0 fully saturated rings. The molecule has 0 saturated heterocycles. The van der Waals surface area contributed by atoms with E-state index in [4.69, 9.17) is 9.47 Å². The van der Waals surface area contributed by atoms with Crippen LogP contribution in [0.25, 0.3) is 0 Å². The van der Waals surface area contributed by atoms with Gasteiger partial charge in [-0.15, -0.1) is 22.7 Å². The molecule has 0 aliphatic rings. The first-order valence-corrected chi connectivity index (χ1v) is 12.0. The summed E-state index contributed by atoms with van der Waals surface area (Å²) in [5.74, 6) is -2.98. The zero-order valence-corrected chi connectivity index (χ0v) is 20.7. The van der Waals surface area contributed by atoms with E-state index in [9.17, 15) is 19.2 Å². The third-order valence-electron chi connectivity index (χ3n) is 4.74. The Morgan fingerprint density at radius 2 is 1.03 bits per heavy atom. The topological polar surface area (TPSA) is 111 Å². The minimum Gasteiger partial charge on any atom is -0.462 e. The van der Waals surface area contributed by atoms with Crippen LogP contribution in [0.4, 0.5) is 10.0 Å². The molecule has 0 radical (unpaired) electrons. The third kappa shape index (κ3) is 5.36. The summed E-state index contributed by atoms with van der Waals surface area (Å²) in [7, 11) is 0. The average Bonchev–Trinajstić information content (AvgIpc) is 3.22. The van der Waals surface area contributed by atoms with Crippen molar-refractivity contribution in [1.29, 1.82) is 0 Å². The van der Waals surface area contributed by atoms with Crippen LogP contribution in [0.1, 0.15) is 69.3 Å². The summed E-state index contributed by atoms with van der Waals surface area (Å²) >= 11 is 2.42. The van der Waals surface area contributed by atoms with Crippen molar-refractivity contribution < 1.29 is 28.7 Å². The number of nitrogens with one attached hydrogen (secondary N) is 2. The summed E-state index contributed by atoms with van der Waals surface area (Å²) in [5.41, 5.74) is 2.08. The van der Waals surface area contributed by atoms with Gasteiger partial charge in [-0.2, -0.15) is 0 Å². The summed E-state index contributed by atoms with van der Waals surface area (Å²) in [6.45, 7) is 11.3. The molecule has 2 aromatic heterocycles. The van der Waals surface area contributed by atoms with Crippen LogP contribution in [0.3, 0.4) is 0 Å². The van der Waals surface area contributed by atoms with Crippen molar-refractivity contribution in [1.82, 2.24) is 0 Å². The Labute approximate surface area is 195 Å². The number of carbonyl (C=O) groups excluding carboxylic acids is 4. The predicted octanol–water partition coefficient (Wildman–Crippen LogP) is 4.48. The number of ether oxygens (including phenoxy) is 2. The first-order valence-electron chi connectivity index (χ1n) is 10.4. The largest absolute Gasteiger partial charge is 0.462 e. The molecule has 0 unspecified atom stereocenters. The van der Waals surface area contributed by atoms with E-state index in [1.54, 1.807) is 13.8 Å². The molecule has 0 spiro atoms. The van der Waals surface area contributed by atoms with Gasteiger partial charge in [-0.1, -0.05) is 13.8 Å². The van der Waals surface area contributed by atoms with Crippen molar-refractivity contribution in [2.75, 3.05) is 23.8 Å². The van der Waals surface area contributed by atoms with E-state index in [1.807, 2.05) is 27.7 Å². The van der Waals surface area contributed by atoms with Crippen LogP contribution in [0.15, 0.2) is 0 Å². The Balaban J connectivity index is 2.30. The number of thiophene rings is 2. The van der Waals surface area contributed by atoms with Gasteiger partial charge in [0, 0.05) is 9.75 Å². The Morgan fingerprint density at radius 1 is 0.688 bits per heavy atom. The number of aryl methyl sites for hydroxylation is 2. The van der Waals surface area contributed by atoms with Gasteiger partial charge in [-0.05, 0) is 51.7 Å². The van der Waals surface area contributed by atoms with E-state index in [2.05, 4.69) is 10.6 Å². The second-order valence-electron chi connectivity index (χ2n) is 6.74. The molecule has 2 N–H and O–H groups in total. The number of esters is 2. The lowest BCUT2D eigenvalue weighted by molar-refractivity contribution is -0.132. The van der Waals surface area contributed by atoms with E-state index < -0.39 is 23.8 Å². The van der Waals surface area contributed by atoms with Gasteiger partial charge in [-0.25, -0.2) is 9.59 Å². The maximum atomic E-state index is 12.6. The summed E-state index contributed by atoms with van der Waals surface area (Å²) in [6, 6.07) is 0. The Bertz CT molecular complexity index is 956. The molecule has 0 aliphatic carbocycles. The van der Waals surface area contributed by atoms with E-state index in [1.165, 1.54) is 22.7 Å². The van der Waals surface area contributed by atoms with E-state index >= 15 is 0 Å². The lowest BCUT2D eigenvalue weighted by Crippen LogP contribution is -2.29. The smallest absolute Gasteiger partial charge is 0.341 e. The summed E-state index contributed by atoms with van der Waals surface area (Å²) in [4.78, 5) is 51.9. The number of hydrogen-bond donors (Lipinski definition) is 2. The fourth-order valence-corrected chi connectivity index (χ4v) is 5.60. The molecule has 2 rings (SSSR count). The van der Waals surface area contributed by atoms with Crippen LogP contribution in [-0.4, -0.2) is 37.0 Å². The fourth-order valence-electron chi connectivity index (χ4n) is 3.34. The Kier molecular flexibility index (Phi) is 8.97. The lowest BCUT2D eigenvalue weighted by atomic mass is 10.1. The number of carbonyl (C=O) groups is 4. The number of anilines is 2. The highest BCUT2D eigenvalue weighted by atomic mass is 32.1. The SMILES string of the molecule is CCOC(=O)c1c(NC(=O)C(=O)Nc2sc(C)c(CC)c2C(=O)OCC)sc(C)c1CC. The molecule has 10 heteroatoms. The summed E-state index contributed by atoms with van der Waals surface area (Å²) in [5, 5.41) is 5.59. The highest BCUT2D eigenvalue weighted by Gasteiger charge is 2.28. The monoisotopic (exact) mass is 480 g/mol. The normalized spacial score (nSPS) is 10.6. The van der Waals surface area contributed by atoms with Crippen LogP contribution in [0.2, 0.25) is 0 Å². The molecular weight excluding hydrogens is 452 g/mol. The number of hydrogen-bond acceptors (Lipinski definition) is 8. The van der Waals surface area contributed by atoms with Gasteiger partial charge in [0.2, 0.25) is 0 Å². The second-order valence-corrected chi connectivity index (χ2v) is 9.19. The Hall–Kier alpha value is -2.72. The average molecular weight is 481 g/mol. The Morgan fingerprint density at radius 3 is 1.31 bits per heavy atom. The summed E-state index contributed by atoms with van der Waals surface area (Å²) in [6.07, 6.45) is 1.16. The van der Waals surface area contributed by atoms with Crippen molar-refractivity contribution in [2.45, 2.75) is 54.4 Å². The highest BCUT2D eigenvalue weighted by molar-refractivity contribution is 7.17. The van der Waals surface area contributed by atoms with Crippen LogP contribution in [0, 0.1) is 13.8 Å². The molecule has 174 valence electrons. The zero-order valence-electron chi connectivity index (χ0n) is 19.1. The standard InChI is InChI=1S/C22H28N2O6S2/c1-7-13-11(5)31-19(15(13)21(27)29-9-3)23-17(25)18(26)24-20-16(22(28)30-10-4)14(8-2)12(6)32-20/h7-10H2,1-6H3,(H,23,25)(H,24,26). The maximum Gasteiger partial charge on any atom is 0.341 e. The van der Waals surface area contributed by atoms with Crippen molar-refractivity contribution >= 4 is 56.4 Å². The van der Waals surface area contributed by atoms with Gasteiger partial charge in [0.05, 0.1) is 24.3 Å². The minimum absolute atomic E-state index is 0.193. The predicted molar refractivity (Wildman–Crippen MR) is 126 cm³/mol. The summed E-state index contributed by atoms with van der Waals surface area (Å²) < 4.78 is 10.2. The molecule has 2 aromatic rings. The third-order valence-corrected chi connectivity index (χ3v) is 6.87. The van der Waals surface area contributed by atoms with Crippen molar-refractivity contribution in [3.8, 4) is 0 Å². The quantitative estimate of drug-likeness (QED) is 0.426. The van der Waals surface area contributed by atoms with Crippen LogP contribution in [0.5, 0.6) is 0 Å². The molecule has 32 heavy (non-hydrogen) atoms. The van der Waals surface area contributed by atoms with Gasteiger partial charge >= 0.3 is 23.8 Å². The molecular formula is C22H28N2O6S2. The minimum atomic E-state index is -0.946. The van der Waals surface area contributed by atoms with Gasteiger partial charge < -0.3 is 20.1 Å². The van der Waals surface area contributed by atoms with Crippen molar-refractivity contribution in [2.24, 2.45) is 0 Å². The lowest BCUT2D eigenvalue weighted by Gasteiger charge is -2.09. The van der Waals surface area contributed by atoms with Gasteiger partial charge in [0.25, 0.3) is 0 Å². The molecule has 0 atom stereocenters. The van der Waals surface area contributed by atoms with Crippen molar-refractivity contribution in [3.63, 3.8) is 0 Å². The van der Waals surface area contributed by atoms with E-state index in [0.717, 1.165) is 20.9 Å². The van der Waals surface area contributed by atoms with E-state index in [-0.39, 0.29) is 34.3 Å². The second kappa shape index (κ2) is 11.2. The molecule has 0 saturated carbocycles. The first kappa shape index (κ1) is 25.5. The maximum absolute atomic E-state index is 12.6. The number of rotatable bonds is 8. The molecule has 8 nitrogen and oxygen atoms in total. The molecule has 0 bridgehead atoms. The van der Waals surface area contributed by atoms with Crippen molar-refractivity contribution in [3.05, 3.63) is 32.0 Å². The fraction of sp³-hybridized carbons (Fsp3) is 0.455.